The van der Waals surface area contributed by atoms with Gasteiger partial charge in [-0.3, -0.25) is 0 Å². The molecule has 84 valence electrons. The van der Waals surface area contributed by atoms with Gasteiger partial charge in [-0.05, 0) is 13.2 Å². The average Bonchev–Trinajstić information content (AvgIpc) is 2.21. The molecule has 0 amide bonds. The fraction of sp³-hybridized carbons (Fsp3) is 0.556. The Morgan fingerprint density at radius 1 is 1.60 bits per heavy atom. The highest BCUT2D eigenvalue weighted by Gasteiger charge is 2.08. The van der Waals surface area contributed by atoms with Crippen molar-refractivity contribution in [2.75, 3.05) is 29.7 Å². The Kier molecular flexibility index (Phi) is 4.61. The van der Waals surface area contributed by atoms with Crippen LogP contribution in [0.2, 0.25) is 0 Å². The van der Waals surface area contributed by atoms with Crippen molar-refractivity contribution in [2.24, 2.45) is 0 Å². The minimum Gasteiger partial charge on any atom is -0.364 e. The average molecular weight is 230 g/mol. The standard InChI is InChI=1S/C9H15FN4S/c1-6(5-15-3)13-8-7(10)4-12-9(11-2)14-8/h4,6H,5H2,1-3H3,(H2,11,12,13,14). The zero-order valence-electron chi connectivity index (χ0n) is 9.04. The molecule has 0 saturated heterocycles. The first kappa shape index (κ1) is 12.0. The summed E-state index contributed by atoms with van der Waals surface area (Å²) < 4.78 is 13.3. The first-order chi connectivity index (χ1) is 7.17. The van der Waals surface area contributed by atoms with Crippen LogP contribution in [0.25, 0.3) is 0 Å². The van der Waals surface area contributed by atoms with Crippen molar-refractivity contribution >= 4 is 23.5 Å². The molecule has 0 spiro atoms. The van der Waals surface area contributed by atoms with Crippen LogP contribution in [0.1, 0.15) is 6.92 Å². The molecular formula is C9H15FN4S. The number of nitrogens with one attached hydrogen (secondary N) is 2. The molecule has 0 aromatic carbocycles. The maximum atomic E-state index is 13.3. The van der Waals surface area contributed by atoms with E-state index in [9.17, 15) is 4.39 Å². The van der Waals surface area contributed by atoms with Gasteiger partial charge in [-0.1, -0.05) is 0 Å². The van der Waals surface area contributed by atoms with Crippen molar-refractivity contribution in [1.82, 2.24) is 9.97 Å². The van der Waals surface area contributed by atoms with Crippen LogP contribution >= 0.6 is 11.8 Å². The van der Waals surface area contributed by atoms with Gasteiger partial charge in [0.05, 0.1) is 6.20 Å². The molecule has 0 radical (unpaired) electrons. The number of nitrogens with zero attached hydrogens (tertiary/aromatic N) is 2. The van der Waals surface area contributed by atoms with Gasteiger partial charge in [0.2, 0.25) is 5.95 Å². The SMILES string of the molecule is CNc1ncc(F)c(NC(C)CSC)n1. The fourth-order valence-electron chi connectivity index (χ4n) is 1.11. The monoisotopic (exact) mass is 230 g/mol. The minimum absolute atomic E-state index is 0.175. The van der Waals surface area contributed by atoms with Crippen molar-refractivity contribution in [3.05, 3.63) is 12.0 Å². The number of aromatic nitrogens is 2. The lowest BCUT2D eigenvalue weighted by molar-refractivity contribution is 0.615. The number of hydrogen-bond donors (Lipinski definition) is 2. The molecule has 1 aromatic heterocycles. The summed E-state index contributed by atoms with van der Waals surface area (Å²) in [6.45, 7) is 1.98. The highest BCUT2D eigenvalue weighted by Crippen LogP contribution is 2.13. The van der Waals surface area contributed by atoms with E-state index in [1.165, 1.54) is 0 Å². The zero-order valence-corrected chi connectivity index (χ0v) is 9.86. The maximum absolute atomic E-state index is 13.3. The van der Waals surface area contributed by atoms with Crippen LogP contribution in [0.5, 0.6) is 0 Å². The zero-order chi connectivity index (χ0) is 11.3. The number of halogens is 1. The van der Waals surface area contributed by atoms with Crippen LogP contribution in [0.3, 0.4) is 0 Å². The molecule has 0 aliphatic rings. The molecule has 0 bridgehead atoms. The van der Waals surface area contributed by atoms with Crippen LogP contribution in [0, 0.1) is 5.82 Å². The predicted octanol–water partition coefficient (Wildman–Crippen LogP) is 1.82. The normalized spacial score (nSPS) is 12.3. The largest absolute Gasteiger partial charge is 0.364 e. The molecule has 0 fully saturated rings. The number of anilines is 2. The number of thioether (sulfide) groups is 1. The van der Waals surface area contributed by atoms with Gasteiger partial charge in [-0.25, -0.2) is 9.37 Å². The van der Waals surface area contributed by atoms with Gasteiger partial charge < -0.3 is 10.6 Å². The van der Waals surface area contributed by atoms with E-state index in [0.717, 1.165) is 11.9 Å². The van der Waals surface area contributed by atoms with E-state index in [-0.39, 0.29) is 11.9 Å². The van der Waals surface area contributed by atoms with Crippen LogP contribution < -0.4 is 10.6 Å². The highest BCUT2D eigenvalue weighted by molar-refractivity contribution is 7.98. The van der Waals surface area contributed by atoms with Crippen LogP contribution in [-0.4, -0.2) is 35.1 Å². The third kappa shape index (κ3) is 3.54. The summed E-state index contributed by atoms with van der Waals surface area (Å²) in [7, 11) is 1.70. The molecule has 0 aliphatic heterocycles. The maximum Gasteiger partial charge on any atom is 0.224 e. The lowest BCUT2D eigenvalue weighted by Gasteiger charge is -2.13. The number of hydrogen-bond acceptors (Lipinski definition) is 5. The molecule has 4 nitrogen and oxygen atoms in total. The molecule has 0 saturated carbocycles. The Balaban J connectivity index is 2.74. The van der Waals surface area contributed by atoms with Gasteiger partial charge in [0, 0.05) is 18.8 Å². The van der Waals surface area contributed by atoms with E-state index in [4.69, 9.17) is 0 Å². The quantitative estimate of drug-likeness (QED) is 0.808. The Morgan fingerprint density at radius 3 is 2.93 bits per heavy atom. The van der Waals surface area contributed by atoms with E-state index in [1.54, 1.807) is 18.8 Å². The molecule has 6 heteroatoms. The van der Waals surface area contributed by atoms with Gasteiger partial charge in [0.15, 0.2) is 11.6 Å². The van der Waals surface area contributed by atoms with Crippen molar-refractivity contribution in [1.29, 1.82) is 0 Å². The molecule has 1 unspecified atom stereocenters. The molecule has 2 N–H and O–H groups in total. The summed E-state index contributed by atoms with van der Waals surface area (Å²) in [5, 5.41) is 5.76. The van der Waals surface area contributed by atoms with E-state index in [1.807, 2.05) is 13.2 Å². The summed E-state index contributed by atoms with van der Waals surface area (Å²) >= 11 is 1.70. The topological polar surface area (TPSA) is 49.8 Å². The lowest BCUT2D eigenvalue weighted by atomic mass is 10.4. The van der Waals surface area contributed by atoms with E-state index in [2.05, 4.69) is 20.6 Å². The first-order valence-electron chi connectivity index (χ1n) is 4.63. The molecule has 15 heavy (non-hydrogen) atoms. The summed E-state index contributed by atoms with van der Waals surface area (Å²) in [5.41, 5.74) is 0. The summed E-state index contributed by atoms with van der Waals surface area (Å²) in [6.07, 6.45) is 3.17. The van der Waals surface area contributed by atoms with Gasteiger partial charge >= 0.3 is 0 Å². The second kappa shape index (κ2) is 5.75. The van der Waals surface area contributed by atoms with Gasteiger partial charge in [0.1, 0.15) is 0 Å². The first-order valence-corrected chi connectivity index (χ1v) is 6.02. The minimum atomic E-state index is -0.429. The summed E-state index contributed by atoms with van der Waals surface area (Å²) in [5.74, 6) is 1.13. The molecule has 1 atom stereocenters. The van der Waals surface area contributed by atoms with Crippen molar-refractivity contribution in [3.63, 3.8) is 0 Å². The van der Waals surface area contributed by atoms with Crippen LogP contribution in [0.15, 0.2) is 6.20 Å². The van der Waals surface area contributed by atoms with Crippen molar-refractivity contribution in [2.45, 2.75) is 13.0 Å². The Labute approximate surface area is 93.1 Å². The predicted molar refractivity (Wildman–Crippen MR) is 63.0 cm³/mol. The summed E-state index contributed by atoms with van der Waals surface area (Å²) in [6, 6.07) is 0.175. The smallest absolute Gasteiger partial charge is 0.224 e. The molecule has 1 aromatic rings. The Hall–Kier alpha value is -1.04. The van der Waals surface area contributed by atoms with Crippen LogP contribution in [0.4, 0.5) is 16.2 Å². The fourth-order valence-corrected chi connectivity index (χ4v) is 1.70. The molecular weight excluding hydrogens is 215 g/mol. The second-order valence-corrected chi connectivity index (χ2v) is 4.05. The molecule has 1 rings (SSSR count). The second-order valence-electron chi connectivity index (χ2n) is 3.14. The Morgan fingerprint density at radius 2 is 2.33 bits per heavy atom. The summed E-state index contributed by atoms with van der Waals surface area (Å²) in [4.78, 5) is 7.76. The molecule has 1 heterocycles. The van der Waals surface area contributed by atoms with E-state index in [0.29, 0.717) is 5.95 Å². The van der Waals surface area contributed by atoms with Gasteiger partial charge in [-0.15, -0.1) is 0 Å². The molecule has 0 aliphatic carbocycles. The van der Waals surface area contributed by atoms with E-state index < -0.39 is 5.82 Å². The van der Waals surface area contributed by atoms with E-state index >= 15 is 0 Å². The number of rotatable bonds is 5. The van der Waals surface area contributed by atoms with Crippen molar-refractivity contribution in [3.8, 4) is 0 Å². The van der Waals surface area contributed by atoms with Crippen molar-refractivity contribution < 1.29 is 4.39 Å². The lowest BCUT2D eigenvalue weighted by Crippen LogP contribution is -2.20. The highest BCUT2D eigenvalue weighted by atomic mass is 32.2. The third-order valence-electron chi connectivity index (χ3n) is 1.77. The Bertz CT molecular complexity index is 321. The third-order valence-corrected chi connectivity index (χ3v) is 2.60. The van der Waals surface area contributed by atoms with Gasteiger partial charge in [0.25, 0.3) is 0 Å². The van der Waals surface area contributed by atoms with Crippen LogP contribution in [-0.2, 0) is 0 Å². The van der Waals surface area contributed by atoms with Gasteiger partial charge in [-0.2, -0.15) is 16.7 Å².